The number of aromatic nitrogens is 1. The maximum Gasteiger partial charge on any atom is 0.160 e. The molecule has 2 aliphatic rings. The van der Waals surface area contributed by atoms with Gasteiger partial charge in [0.1, 0.15) is 5.75 Å². The zero-order chi connectivity index (χ0) is 19.5. The Kier molecular flexibility index (Phi) is 3.61. The van der Waals surface area contributed by atoms with Crippen molar-refractivity contribution in [3.63, 3.8) is 0 Å². The van der Waals surface area contributed by atoms with E-state index in [-0.39, 0.29) is 0 Å². The summed E-state index contributed by atoms with van der Waals surface area (Å²) in [5.74, 6) is 2.53. The molecule has 0 radical (unpaired) electrons. The number of nitrogens with zero attached hydrogens (tertiary/aromatic N) is 2. The van der Waals surface area contributed by atoms with Crippen LogP contribution in [0.5, 0.6) is 11.5 Å². The molecule has 3 aromatic carbocycles. The second-order valence-electron chi connectivity index (χ2n) is 8.58. The molecule has 0 N–H and O–H groups in total. The summed E-state index contributed by atoms with van der Waals surface area (Å²) in [6.45, 7) is 0. The number of hydrogen-bond acceptors (Lipinski definition) is 3. The monoisotopic (exact) mass is 380 g/mol. The van der Waals surface area contributed by atoms with Crippen LogP contribution in [0.4, 0.5) is 5.69 Å². The van der Waals surface area contributed by atoms with Crippen molar-refractivity contribution >= 4 is 27.2 Å². The van der Waals surface area contributed by atoms with Crippen LogP contribution in [0.25, 0.3) is 32.8 Å². The normalized spacial score (nSPS) is 15.5. The van der Waals surface area contributed by atoms with E-state index >= 15 is 0 Å². The van der Waals surface area contributed by atoms with Crippen molar-refractivity contribution in [1.29, 1.82) is 0 Å². The van der Waals surface area contributed by atoms with Crippen LogP contribution in [0.3, 0.4) is 0 Å². The van der Waals surface area contributed by atoms with E-state index in [0.29, 0.717) is 5.92 Å². The van der Waals surface area contributed by atoms with Gasteiger partial charge in [-0.25, -0.2) is 0 Å². The number of benzene rings is 3. The Morgan fingerprint density at radius 3 is 2.62 bits per heavy atom. The third-order valence-electron chi connectivity index (χ3n) is 6.57. The Bertz CT molecular complexity index is 1270. The van der Waals surface area contributed by atoms with Gasteiger partial charge in [0.05, 0.1) is 16.8 Å². The standard InChI is InChI=1S/C26H24N2O/c1-28(2)25-20-10-6-5-9-17(20)14-21-24-23-18(11-12-27-24)13-19(16-7-3-4-8-16)15-22(23)29-26(21)25/h5-6,9-16H,3-4,7-8H2,1-2H3. The van der Waals surface area contributed by atoms with Gasteiger partial charge in [0.2, 0.25) is 0 Å². The largest absolute Gasteiger partial charge is 0.454 e. The molecule has 2 heterocycles. The molecular formula is C26H24N2O. The first-order valence-corrected chi connectivity index (χ1v) is 10.5. The Hall–Kier alpha value is -3.07. The van der Waals surface area contributed by atoms with E-state index in [2.05, 4.69) is 67.5 Å². The number of rotatable bonds is 2. The van der Waals surface area contributed by atoms with Crippen LogP contribution < -0.4 is 9.64 Å². The molecule has 0 bridgehead atoms. The molecule has 0 spiro atoms. The summed E-state index contributed by atoms with van der Waals surface area (Å²) in [5, 5.41) is 4.79. The fourth-order valence-electron chi connectivity index (χ4n) is 5.22. The van der Waals surface area contributed by atoms with Crippen molar-refractivity contribution in [2.24, 2.45) is 0 Å². The molecule has 3 nitrogen and oxygen atoms in total. The lowest BCUT2D eigenvalue weighted by Crippen LogP contribution is -2.12. The molecule has 1 aliphatic heterocycles. The SMILES string of the molecule is CN(C)c1c2c(cc3ccccc13)-c1nccc3cc(C4CCCC4)cc(c13)O2. The Balaban J connectivity index is 1.67. The molecule has 1 aromatic heterocycles. The highest BCUT2D eigenvalue weighted by atomic mass is 16.5. The van der Waals surface area contributed by atoms with Crippen molar-refractivity contribution < 1.29 is 4.74 Å². The van der Waals surface area contributed by atoms with Crippen LogP contribution in [-0.4, -0.2) is 19.1 Å². The maximum atomic E-state index is 6.67. The molecule has 29 heavy (non-hydrogen) atoms. The summed E-state index contributed by atoms with van der Waals surface area (Å²) in [6, 6.07) is 17.5. The molecule has 0 saturated heterocycles. The van der Waals surface area contributed by atoms with Gasteiger partial charge in [-0.05, 0) is 53.3 Å². The third-order valence-corrected chi connectivity index (χ3v) is 6.57. The lowest BCUT2D eigenvalue weighted by atomic mass is 9.91. The molecule has 0 unspecified atom stereocenters. The van der Waals surface area contributed by atoms with Gasteiger partial charge in [-0.15, -0.1) is 0 Å². The van der Waals surface area contributed by atoms with Gasteiger partial charge in [-0.2, -0.15) is 0 Å². The first-order valence-electron chi connectivity index (χ1n) is 10.5. The molecule has 3 heteroatoms. The minimum atomic E-state index is 0.655. The molecule has 0 atom stereocenters. The summed E-state index contributed by atoms with van der Waals surface area (Å²) in [6.07, 6.45) is 7.18. The number of ether oxygens (including phenoxy) is 1. The Morgan fingerprint density at radius 2 is 1.79 bits per heavy atom. The summed E-state index contributed by atoms with van der Waals surface area (Å²) >= 11 is 0. The topological polar surface area (TPSA) is 25.4 Å². The molecular weight excluding hydrogens is 356 g/mol. The van der Waals surface area contributed by atoms with Gasteiger partial charge >= 0.3 is 0 Å². The summed E-state index contributed by atoms with van der Waals surface area (Å²) in [5.41, 5.74) is 4.65. The van der Waals surface area contributed by atoms with E-state index in [4.69, 9.17) is 9.72 Å². The predicted octanol–water partition coefficient (Wildman–Crippen LogP) is 6.88. The summed E-state index contributed by atoms with van der Waals surface area (Å²) in [7, 11) is 4.17. The van der Waals surface area contributed by atoms with Crippen LogP contribution in [0, 0.1) is 0 Å². The average molecular weight is 380 g/mol. The smallest absolute Gasteiger partial charge is 0.160 e. The van der Waals surface area contributed by atoms with Crippen molar-refractivity contribution in [2.75, 3.05) is 19.0 Å². The minimum Gasteiger partial charge on any atom is -0.454 e. The third kappa shape index (κ3) is 2.46. The lowest BCUT2D eigenvalue weighted by molar-refractivity contribution is 0.486. The maximum absolute atomic E-state index is 6.67. The highest BCUT2D eigenvalue weighted by Gasteiger charge is 2.28. The number of pyridine rings is 1. The van der Waals surface area contributed by atoms with Crippen LogP contribution in [0.1, 0.15) is 37.2 Å². The van der Waals surface area contributed by atoms with E-state index in [1.807, 2.05) is 6.20 Å². The van der Waals surface area contributed by atoms with Crippen molar-refractivity contribution in [3.8, 4) is 22.8 Å². The molecule has 1 aliphatic carbocycles. The van der Waals surface area contributed by atoms with E-state index < -0.39 is 0 Å². The van der Waals surface area contributed by atoms with Crippen LogP contribution in [-0.2, 0) is 0 Å². The molecule has 6 rings (SSSR count). The molecule has 144 valence electrons. The minimum absolute atomic E-state index is 0.655. The highest BCUT2D eigenvalue weighted by molar-refractivity contribution is 6.09. The quantitative estimate of drug-likeness (QED) is 0.334. The molecule has 4 aromatic rings. The average Bonchev–Trinajstić information content (AvgIpc) is 3.27. The predicted molar refractivity (Wildman–Crippen MR) is 120 cm³/mol. The second-order valence-corrected chi connectivity index (χ2v) is 8.58. The summed E-state index contributed by atoms with van der Waals surface area (Å²) in [4.78, 5) is 6.97. The number of fused-ring (bicyclic) bond motifs is 3. The number of hydrogen-bond donors (Lipinski definition) is 0. The van der Waals surface area contributed by atoms with Gasteiger partial charge in [0, 0.05) is 31.2 Å². The highest BCUT2D eigenvalue weighted by Crippen LogP contribution is 2.52. The first kappa shape index (κ1) is 16.8. The first-order chi connectivity index (χ1) is 14.2. The lowest BCUT2D eigenvalue weighted by Gasteiger charge is -2.27. The van der Waals surface area contributed by atoms with Crippen LogP contribution in [0.15, 0.2) is 54.7 Å². The number of anilines is 1. The van der Waals surface area contributed by atoms with Gasteiger partial charge < -0.3 is 9.64 Å². The van der Waals surface area contributed by atoms with Gasteiger partial charge in [0.25, 0.3) is 0 Å². The van der Waals surface area contributed by atoms with Crippen molar-refractivity contribution in [3.05, 3.63) is 60.3 Å². The Labute approximate surface area is 170 Å². The van der Waals surface area contributed by atoms with E-state index in [9.17, 15) is 0 Å². The molecule has 0 amide bonds. The van der Waals surface area contributed by atoms with Gasteiger partial charge in [-0.3, -0.25) is 4.98 Å². The van der Waals surface area contributed by atoms with Gasteiger partial charge in [-0.1, -0.05) is 43.2 Å². The second kappa shape index (κ2) is 6.21. The van der Waals surface area contributed by atoms with Crippen molar-refractivity contribution in [1.82, 2.24) is 4.98 Å². The van der Waals surface area contributed by atoms with Gasteiger partial charge in [0.15, 0.2) is 5.75 Å². The fourth-order valence-corrected chi connectivity index (χ4v) is 5.22. The summed E-state index contributed by atoms with van der Waals surface area (Å²) < 4.78 is 6.67. The Morgan fingerprint density at radius 1 is 0.966 bits per heavy atom. The zero-order valence-electron chi connectivity index (χ0n) is 16.9. The van der Waals surface area contributed by atoms with Crippen LogP contribution in [0.2, 0.25) is 0 Å². The van der Waals surface area contributed by atoms with Crippen LogP contribution >= 0.6 is 0 Å². The van der Waals surface area contributed by atoms with E-state index in [0.717, 1.165) is 33.8 Å². The zero-order valence-corrected chi connectivity index (χ0v) is 16.9. The van der Waals surface area contributed by atoms with Crippen molar-refractivity contribution in [2.45, 2.75) is 31.6 Å². The van der Waals surface area contributed by atoms with E-state index in [1.165, 1.54) is 47.4 Å². The molecule has 1 fully saturated rings. The van der Waals surface area contributed by atoms with E-state index in [1.54, 1.807) is 0 Å². The fraction of sp³-hybridized carbons (Fsp3) is 0.269. The molecule has 1 saturated carbocycles.